The number of hydrogen-bond acceptors (Lipinski definition) is 2. The Labute approximate surface area is 121 Å². The second kappa shape index (κ2) is 6.00. The molecule has 0 saturated heterocycles. The average Bonchev–Trinajstić information content (AvgIpc) is 2.38. The summed E-state index contributed by atoms with van der Waals surface area (Å²) in [7, 11) is 0. The molecule has 0 heterocycles. The molecule has 0 saturated carbocycles. The van der Waals surface area contributed by atoms with Crippen molar-refractivity contribution in [3.05, 3.63) is 59.7 Å². The van der Waals surface area contributed by atoms with E-state index in [2.05, 4.69) is 10.1 Å². The Bertz CT molecular complexity index is 662. The van der Waals surface area contributed by atoms with E-state index in [0.29, 0.717) is 6.07 Å². The summed E-state index contributed by atoms with van der Waals surface area (Å²) < 4.78 is 65.6. The van der Waals surface area contributed by atoms with Crippen LogP contribution in [0, 0.1) is 11.6 Å². The smallest absolute Gasteiger partial charge is 0.406 e. The van der Waals surface area contributed by atoms with Gasteiger partial charge in [0.2, 0.25) is 0 Å². The molecular formula is C14H8F5NO2. The topological polar surface area (TPSA) is 38.3 Å². The lowest BCUT2D eigenvalue weighted by Crippen LogP contribution is -2.17. The summed E-state index contributed by atoms with van der Waals surface area (Å²) in [5, 5.41) is 2.29. The van der Waals surface area contributed by atoms with Crippen LogP contribution in [0.3, 0.4) is 0 Å². The van der Waals surface area contributed by atoms with Crippen molar-refractivity contribution >= 4 is 11.6 Å². The van der Waals surface area contributed by atoms with Crippen LogP contribution in [0.25, 0.3) is 0 Å². The van der Waals surface area contributed by atoms with Gasteiger partial charge >= 0.3 is 6.36 Å². The molecule has 2 aromatic rings. The van der Waals surface area contributed by atoms with E-state index in [-0.39, 0.29) is 11.3 Å². The van der Waals surface area contributed by atoms with E-state index in [1.807, 2.05) is 0 Å². The molecule has 0 bridgehead atoms. The van der Waals surface area contributed by atoms with Crippen LogP contribution in [0.5, 0.6) is 5.75 Å². The van der Waals surface area contributed by atoms with Crippen molar-refractivity contribution in [2.24, 2.45) is 0 Å². The van der Waals surface area contributed by atoms with E-state index < -0.39 is 29.7 Å². The highest BCUT2D eigenvalue weighted by Crippen LogP contribution is 2.24. The van der Waals surface area contributed by atoms with Gasteiger partial charge in [0, 0.05) is 17.3 Å². The Kier molecular flexibility index (Phi) is 4.30. The quantitative estimate of drug-likeness (QED) is 0.865. The van der Waals surface area contributed by atoms with Crippen LogP contribution >= 0.6 is 0 Å². The van der Waals surface area contributed by atoms with E-state index in [0.717, 1.165) is 36.4 Å². The molecule has 0 spiro atoms. The molecule has 2 rings (SSSR count). The van der Waals surface area contributed by atoms with E-state index in [4.69, 9.17) is 0 Å². The minimum Gasteiger partial charge on any atom is -0.406 e. The van der Waals surface area contributed by atoms with Crippen molar-refractivity contribution in [1.82, 2.24) is 0 Å². The lowest BCUT2D eigenvalue weighted by atomic mass is 10.2. The van der Waals surface area contributed by atoms with Crippen molar-refractivity contribution in [2.75, 3.05) is 5.32 Å². The van der Waals surface area contributed by atoms with Crippen molar-refractivity contribution in [1.29, 1.82) is 0 Å². The Morgan fingerprint density at radius 2 is 1.50 bits per heavy atom. The molecule has 1 amide bonds. The van der Waals surface area contributed by atoms with Crippen LogP contribution in [0.2, 0.25) is 0 Å². The number of benzene rings is 2. The Morgan fingerprint density at radius 1 is 0.955 bits per heavy atom. The highest BCUT2D eigenvalue weighted by atomic mass is 19.4. The first-order valence-electron chi connectivity index (χ1n) is 5.86. The minimum absolute atomic E-state index is 0.143. The molecule has 0 atom stereocenters. The number of halogens is 5. The molecule has 0 aliphatic carbocycles. The van der Waals surface area contributed by atoms with Gasteiger partial charge in [0.25, 0.3) is 5.91 Å². The molecular weight excluding hydrogens is 309 g/mol. The lowest BCUT2D eigenvalue weighted by Gasteiger charge is -2.10. The normalized spacial score (nSPS) is 11.1. The van der Waals surface area contributed by atoms with Gasteiger partial charge in [-0.3, -0.25) is 4.79 Å². The van der Waals surface area contributed by atoms with Crippen molar-refractivity contribution < 1.29 is 31.5 Å². The number of nitrogens with one attached hydrogen (secondary N) is 1. The Hall–Kier alpha value is -2.64. The number of alkyl halides is 3. The molecule has 0 fully saturated rings. The Morgan fingerprint density at radius 3 is 2.00 bits per heavy atom. The Balaban J connectivity index is 2.08. The van der Waals surface area contributed by atoms with Gasteiger partial charge in [-0.25, -0.2) is 8.78 Å². The molecule has 1 N–H and O–H groups in total. The lowest BCUT2D eigenvalue weighted by molar-refractivity contribution is -0.274. The number of hydrogen-bond donors (Lipinski definition) is 1. The van der Waals surface area contributed by atoms with E-state index in [9.17, 15) is 26.7 Å². The zero-order chi connectivity index (χ0) is 16.3. The van der Waals surface area contributed by atoms with Gasteiger partial charge in [-0.05, 0) is 36.4 Å². The number of anilines is 1. The summed E-state index contributed by atoms with van der Waals surface area (Å²) in [5.41, 5.74) is -0.114. The second-order valence-electron chi connectivity index (χ2n) is 4.18. The van der Waals surface area contributed by atoms with Crippen molar-refractivity contribution in [3.63, 3.8) is 0 Å². The van der Waals surface area contributed by atoms with Gasteiger partial charge in [-0.15, -0.1) is 13.2 Å². The summed E-state index contributed by atoms with van der Waals surface area (Å²) >= 11 is 0. The standard InChI is InChI=1S/C14H8F5NO2/c15-9-5-8(6-10(16)7-9)13(21)20-11-1-3-12(4-2-11)22-14(17,18)19/h1-7H,(H,20,21). The summed E-state index contributed by atoms with van der Waals surface area (Å²) in [5.74, 6) is -3.09. The average molecular weight is 317 g/mol. The van der Waals surface area contributed by atoms with Crippen LogP contribution in [0.1, 0.15) is 10.4 Å². The molecule has 0 unspecified atom stereocenters. The molecule has 0 aromatic heterocycles. The maximum absolute atomic E-state index is 13.0. The van der Waals surface area contributed by atoms with Crippen LogP contribution < -0.4 is 10.1 Å². The van der Waals surface area contributed by atoms with Crippen molar-refractivity contribution in [2.45, 2.75) is 6.36 Å². The minimum atomic E-state index is -4.82. The fourth-order valence-corrected chi connectivity index (χ4v) is 1.63. The predicted octanol–water partition coefficient (Wildman–Crippen LogP) is 4.12. The van der Waals surface area contributed by atoms with Gasteiger partial charge in [-0.2, -0.15) is 0 Å². The zero-order valence-electron chi connectivity index (χ0n) is 10.7. The largest absolute Gasteiger partial charge is 0.573 e. The van der Waals surface area contributed by atoms with Gasteiger partial charge in [-0.1, -0.05) is 0 Å². The van der Waals surface area contributed by atoms with E-state index in [1.54, 1.807) is 0 Å². The maximum Gasteiger partial charge on any atom is 0.573 e. The van der Waals surface area contributed by atoms with Gasteiger partial charge < -0.3 is 10.1 Å². The van der Waals surface area contributed by atoms with Crippen molar-refractivity contribution in [3.8, 4) is 5.75 Å². The first-order chi connectivity index (χ1) is 10.2. The molecule has 2 aromatic carbocycles. The highest BCUT2D eigenvalue weighted by Gasteiger charge is 2.30. The summed E-state index contributed by atoms with van der Waals surface area (Å²) in [6.07, 6.45) is -4.82. The summed E-state index contributed by atoms with van der Waals surface area (Å²) in [4.78, 5) is 11.8. The van der Waals surface area contributed by atoms with Gasteiger partial charge in [0.1, 0.15) is 17.4 Å². The maximum atomic E-state index is 13.0. The third-order valence-corrected chi connectivity index (χ3v) is 2.47. The molecule has 0 aliphatic heterocycles. The molecule has 3 nitrogen and oxygen atoms in total. The van der Waals surface area contributed by atoms with E-state index in [1.165, 1.54) is 0 Å². The van der Waals surface area contributed by atoms with Crippen LogP contribution in [-0.2, 0) is 0 Å². The third kappa shape index (κ3) is 4.44. The second-order valence-corrected chi connectivity index (χ2v) is 4.18. The third-order valence-electron chi connectivity index (χ3n) is 2.47. The van der Waals surface area contributed by atoms with Crippen LogP contribution in [-0.4, -0.2) is 12.3 Å². The molecule has 22 heavy (non-hydrogen) atoms. The zero-order valence-corrected chi connectivity index (χ0v) is 10.7. The highest BCUT2D eigenvalue weighted by molar-refractivity contribution is 6.04. The number of ether oxygens (including phenoxy) is 1. The number of carbonyl (C=O) groups is 1. The van der Waals surface area contributed by atoms with Gasteiger partial charge in [0.15, 0.2) is 0 Å². The fraction of sp³-hybridized carbons (Fsp3) is 0.0714. The van der Waals surface area contributed by atoms with E-state index >= 15 is 0 Å². The van der Waals surface area contributed by atoms with Crippen LogP contribution in [0.4, 0.5) is 27.6 Å². The molecule has 0 radical (unpaired) electrons. The summed E-state index contributed by atoms with van der Waals surface area (Å²) in [6, 6.07) is 6.59. The monoisotopic (exact) mass is 317 g/mol. The predicted molar refractivity (Wildman–Crippen MR) is 67.4 cm³/mol. The number of amides is 1. The SMILES string of the molecule is O=C(Nc1ccc(OC(F)(F)F)cc1)c1cc(F)cc(F)c1. The first kappa shape index (κ1) is 15.7. The molecule has 8 heteroatoms. The van der Waals surface area contributed by atoms with Gasteiger partial charge in [0.05, 0.1) is 0 Å². The molecule has 116 valence electrons. The molecule has 0 aliphatic rings. The first-order valence-corrected chi connectivity index (χ1v) is 5.86. The number of rotatable bonds is 3. The fourth-order valence-electron chi connectivity index (χ4n) is 1.63. The number of carbonyl (C=O) groups excluding carboxylic acids is 1. The van der Waals surface area contributed by atoms with Crippen LogP contribution in [0.15, 0.2) is 42.5 Å². The summed E-state index contributed by atoms with van der Waals surface area (Å²) in [6.45, 7) is 0.